The lowest BCUT2D eigenvalue weighted by Crippen LogP contribution is -2.35. The van der Waals surface area contributed by atoms with Gasteiger partial charge in [0.1, 0.15) is 0 Å². The normalized spacial score (nSPS) is 23.2. The van der Waals surface area contributed by atoms with E-state index < -0.39 is 0 Å². The molecule has 0 saturated heterocycles. The summed E-state index contributed by atoms with van der Waals surface area (Å²) in [6.45, 7) is 0. The Morgan fingerprint density at radius 1 is 1.17 bits per heavy atom. The Labute approximate surface area is 135 Å². The van der Waals surface area contributed by atoms with Crippen LogP contribution in [0, 0.1) is 11.8 Å². The molecular formula is C17H20N2O4. The highest BCUT2D eigenvalue weighted by molar-refractivity contribution is 5.98. The molecule has 1 N–H and O–H groups in total. The second kappa shape index (κ2) is 6.32. The van der Waals surface area contributed by atoms with Gasteiger partial charge < -0.3 is 14.2 Å². The van der Waals surface area contributed by atoms with Crippen molar-refractivity contribution in [1.29, 1.82) is 0 Å². The van der Waals surface area contributed by atoms with E-state index in [-0.39, 0.29) is 5.91 Å². The topological polar surface area (TPSA) is 69.2 Å². The first-order chi connectivity index (χ1) is 11.2. The van der Waals surface area contributed by atoms with Crippen molar-refractivity contribution in [3.63, 3.8) is 0 Å². The average molecular weight is 316 g/mol. The predicted octanol–water partition coefficient (Wildman–Crippen LogP) is 2.39. The summed E-state index contributed by atoms with van der Waals surface area (Å²) in [5.41, 5.74) is 4.09. The molecule has 0 aromatic heterocycles. The number of carbonyl (C=O) groups excluding carboxylic acids is 1. The van der Waals surface area contributed by atoms with E-state index in [1.165, 1.54) is 21.3 Å². The summed E-state index contributed by atoms with van der Waals surface area (Å²) in [4.78, 5) is 12.3. The van der Waals surface area contributed by atoms with Crippen LogP contribution in [-0.4, -0.2) is 32.9 Å². The summed E-state index contributed by atoms with van der Waals surface area (Å²) in [7, 11) is 4.55. The van der Waals surface area contributed by atoms with Crippen LogP contribution >= 0.6 is 0 Å². The van der Waals surface area contributed by atoms with Crippen LogP contribution in [0.5, 0.6) is 17.2 Å². The van der Waals surface area contributed by atoms with E-state index >= 15 is 0 Å². The van der Waals surface area contributed by atoms with E-state index in [2.05, 4.69) is 22.7 Å². The van der Waals surface area contributed by atoms with Crippen molar-refractivity contribution < 1.29 is 19.0 Å². The summed E-state index contributed by atoms with van der Waals surface area (Å²) in [5, 5.41) is 4.27. The van der Waals surface area contributed by atoms with Crippen molar-refractivity contribution in [2.75, 3.05) is 21.3 Å². The van der Waals surface area contributed by atoms with Crippen molar-refractivity contribution >= 4 is 11.6 Å². The maximum atomic E-state index is 12.3. The van der Waals surface area contributed by atoms with E-state index in [0.29, 0.717) is 34.6 Å². The third kappa shape index (κ3) is 2.76. The average Bonchev–Trinajstić information content (AvgIpc) is 2.94. The molecular weight excluding hydrogens is 296 g/mol. The van der Waals surface area contributed by atoms with Crippen LogP contribution in [0.15, 0.2) is 29.4 Å². The molecule has 0 bridgehead atoms. The standard InChI is InChI=1S/C17H20N2O4/c1-21-14-8-11(9-15(22-2)16(14)23-3)17(20)19-18-13-7-10-5-4-6-12(10)13/h4-5,8-10,12H,6-7H2,1-3H3,(H,19,20). The monoisotopic (exact) mass is 316 g/mol. The molecule has 1 aromatic rings. The van der Waals surface area contributed by atoms with Gasteiger partial charge in [-0.15, -0.1) is 0 Å². The first-order valence-corrected chi connectivity index (χ1v) is 7.51. The van der Waals surface area contributed by atoms with Gasteiger partial charge in [0.15, 0.2) is 11.5 Å². The predicted molar refractivity (Wildman–Crippen MR) is 86.4 cm³/mol. The van der Waals surface area contributed by atoms with Crippen LogP contribution in [0.2, 0.25) is 0 Å². The van der Waals surface area contributed by atoms with Crippen molar-refractivity contribution in [2.24, 2.45) is 16.9 Å². The summed E-state index contributed by atoms with van der Waals surface area (Å²) in [6, 6.07) is 3.22. The first kappa shape index (κ1) is 15.4. The molecule has 0 aliphatic heterocycles. The van der Waals surface area contributed by atoms with Crippen LogP contribution in [-0.2, 0) is 0 Å². The summed E-state index contributed by atoms with van der Waals surface area (Å²) in [6.07, 6.45) is 6.35. The molecule has 0 radical (unpaired) electrons. The molecule has 1 fully saturated rings. The zero-order valence-corrected chi connectivity index (χ0v) is 13.5. The van der Waals surface area contributed by atoms with Gasteiger partial charge in [0, 0.05) is 17.2 Å². The molecule has 6 heteroatoms. The minimum Gasteiger partial charge on any atom is -0.493 e. The number of hydrogen-bond donors (Lipinski definition) is 1. The number of ether oxygens (including phenoxy) is 3. The molecule has 2 aliphatic carbocycles. The SMILES string of the molecule is COc1cc(C(=O)NN=C2CC3C=CCC23)cc(OC)c1OC. The number of benzene rings is 1. The number of nitrogens with one attached hydrogen (secondary N) is 1. The van der Waals surface area contributed by atoms with Gasteiger partial charge in [-0.3, -0.25) is 4.79 Å². The van der Waals surface area contributed by atoms with Gasteiger partial charge >= 0.3 is 0 Å². The van der Waals surface area contributed by atoms with E-state index in [1.54, 1.807) is 12.1 Å². The van der Waals surface area contributed by atoms with Crippen LogP contribution in [0.1, 0.15) is 23.2 Å². The number of allylic oxidation sites excluding steroid dienone is 2. The third-order valence-corrected chi connectivity index (χ3v) is 4.39. The number of methoxy groups -OCH3 is 3. The van der Waals surface area contributed by atoms with E-state index in [0.717, 1.165) is 18.6 Å². The van der Waals surface area contributed by atoms with Gasteiger partial charge in [-0.1, -0.05) is 12.2 Å². The molecule has 122 valence electrons. The molecule has 1 saturated carbocycles. The van der Waals surface area contributed by atoms with E-state index in [1.807, 2.05) is 0 Å². The Hall–Kier alpha value is -2.50. The largest absolute Gasteiger partial charge is 0.493 e. The van der Waals surface area contributed by atoms with Crippen LogP contribution < -0.4 is 19.6 Å². The van der Waals surface area contributed by atoms with Gasteiger partial charge in [-0.2, -0.15) is 5.10 Å². The molecule has 3 rings (SSSR count). The highest BCUT2D eigenvalue weighted by Crippen LogP contribution is 2.40. The van der Waals surface area contributed by atoms with Gasteiger partial charge in [0.25, 0.3) is 5.91 Å². The zero-order valence-electron chi connectivity index (χ0n) is 13.5. The summed E-state index contributed by atoms with van der Waals surface area (Å²) < 4.78 is 15.8. The van der Waals surface area contributed by atoms with Gasteiger partial charge in [-0.05, 0) is 30.9 Å². The van der Waals surface area contributed by atoms with Crippen LogP contribution in [0.4, 0.5) is 0 Å². The van der Waals surface area contributed by atoms with Gasteiger partial charge in [0.2, 0.25) is 5.75 Å². The number of carbonyl (C=O) groups is 1. The quantitative estimate of drug-likeness (QED) is 0.669. The van der Waals surface area contributed by atoms with Crippen molar-refractivity contribution in [1.82, 2.24) is 5.43 Å². The molecule has 2 atom stereocenters. The maximum Gasteiger partial charge on any atom is 0.271 e. The minimum absolute atomic E-state index is 0.300. The summed E-state index contributed by atoms with van der Waals surface area (Å²) >= 11 is 0. The molecule has 23 heavy (non-hydrogen) atoms. The molecule has 2 aliphatic rings. The summed E-state index contributed by atoms with van der Waals surface area (Å²) in [5.74, 6) is 2.10. The smallest absolute Gasteiger partial charge is 0.271 e. The third-order valence-electron chi connectivity index (χ3n) is 4.39. The Bertz CT molecular complexity index is 656. The fourth-order valence-corrected chi connectivity index (χ4v) is 3.06. The molecule has 2 unspecified atom stereocenters. The van der Waals surface area contributed by atoms with Crippen LogP contribution in [0.3, 0.4) is 0 Å². The molecule has 1 amide bonds. The maximum absolute atomic E-state index is 12.3. The van der Waals surface area contributed by atoms with Crippen molar-refractivity contribution in [3.05, 3.63) is 29.8 Å². The lowest BCUT2D eigenvalue weighted by molar-refractivity contribution is 0.0953. The van der Waals surface area contributed by atoms with E-state index in [4.69, 9.17) is 14.2 Å². The van der Waals surface area contributed by atoms with Crippen molar-refractivity contribution in [2.45, 2.75) is 12.8 Å². The van der Waals surface area contributed by atoms with E-state index in [9.17, 15) is 4.79 Å². The Balaban J connectivity index is 1.76. The fraction of sp³-hybridized carbons (Fsp3) is 0.412. The Morgan fingerprint density at radius 3 is 2.43 bits per heavy atom. The highest BCUT2D eigenvalue weighted by atomic mass is 16.5. The second-order valence-electron chi connectivity index (χ2n) is 5.60. The molecule has 1 aromatic carbocycles. The number of fused-ring (bicyclic) bond motifs is 1. The lowest BCUT2D eigenvalue weighted by atomic mass is 9.74. The fourth-order valence-electron chi connectivity index (χ4n) is 3.06. The number of amides is 1. The van der Waals surface area contributed by atoms with Gasteiger partial charge in [-0.25, -0.2) is 5.43 Å². The van der Waals surface area contributed by atoms with Crippen LogP contribution in [0.25, 0.3) is 0 Å². The minimum atomic E-state index is -0.300. The van der Waals surface area contributed by atoms with Gasteiger partial charge in [0.05, 0.1) is 21.3 Å². The molecule has 0 spiro atoms. The highest BCUT2D eigenvalue weighted by Gasteiger charge is 2.38. The number of rotatable bonds is 5. The lowest BCUT2D eigenvalue weighted by Gasteiger charge is -2.31. The number of nitrogens with zero attached hydrogens (tertiary/aromatic N) is 1. The Kier molecular flexibility index (Phi) is 4.23. The number of hydrazone groups is 1. The second-order valence-corrected chi connectivity index (χ2v) is 5.60. The first-order valence-electron chi connectivity index (χ1n) is 7.51. The Morgan fingerprint density at radius 2 is 1.87 bits per heavy atom. The van der Waals surface area contributed by atoms with Crippen molar-refractivity contribution in [3.8, 4) is 17.2 Å². The molecule has 0 heterocycles. The number of hydrogen-bond acceptors (Lipinski definition) is 5. The molecule has 6 nitrogen and oxygen atoms in total. The zero-order chi connectivity index (χ0) is 16.4.